The molecule has 0 saturated carbocycles. The van der Waals surface area contributed by atoms with Crippen LogP contribution in [0.3, 0.4) is 0 Å². The summed E-state index contributed by atoms with van der Waals surface area (Å²) in [5.41, 5.74) is 0. The van der Waals surface area contributed by atoms with E-state index in [1.807, 2.05) is 0 Å². The number of allylic oxidation sites excluding steroid dienone is 16. The Hall–Kier alpha value is -3.67. The van der Waals surface area contributed by atoms with Crippen molar-refractivity contribution < 1.29 is 28.6 Å². The Bertz CT molecular complexity index is 1560. The van der Waals surface area contributed by atoms with Gasteiger partial charge in [0.05, 0.1) is 0 Å². The summed E-state index contributed by atoms with van der Waals surface area (Å²) >= 11 is 0. The number of esters is 3. The van der Waals surface area contributed by atoms with Crippen molar-refractivity contribution in [2.24, 2.45) is 0 Å². The molecule has 1 unspecified atom stereocenters. The second-order valence-electron chi connectivity index (χ2n) is 22.7. The molecule has 0 fully saturated rings. The monoisotopic (exact) mass is 1110 g/mol. The number of carbonyl (C=O) groups is 3. The molecule has 0 aromatic rings. The third kappa shape index (κ3) is 65.1. The van der Waals surface area contributed by atoms with Crippen LogP contribution in [-0.4, -0.2) is 37.2 Å². The lowest BCUT2D eigenvalue weighted by Gasteiger charge is -2.18. The van der Waals surface area contributed by atoms with Crippen LogP contribution in [0.1, 0.15) is 335 Å². The van der Waals surface area contributed by atoms with Crippen LogP contribution in [0.25, 0.3) is 0 Å². The summed E-state index contributed by atoms with van der Waals surface area (Å²) in [7, 11) is 0. The van der Waals surface area contributed by atoms with Crippen molar-refractivity contribution in [2.75, 3.05) is 13.2 Å². The normalized spacial score (nSPS) is 12.7. The Morgan fingerprint density at radius 3 is 0.762 bits per heavy atom. The molecule has 0 bridgehead atoms. The van der Waals surface area contributed by atoms with E-state index in [9.17, 15) is 14.4 Å². The standard InChI is InChI=1S/C74H128O6/c1-4-7-10-13-16-19-22-25-28-30-32-34-36-38-39-41-43-46-49-52-55-58-61-64-67-73(76)79-70-71(69-78-72(75)66-63-60-57-54-51-48-45-27-24-21-18-15-12-9-6-3)80-74(77)68-65-62-59-56-53-50-47-44-42-40-37-35-33-31-29-26-23-20-17-14-11-8-5-2/h8-9,11-12,17-18,20-21,26-27,29,33,35,40,42,45,71H,4-7,10,13-16,19,22-25,28,30-32,34,36-39,41,43-44,46-70H2,1-3H3/b11-8-,12-9-,20-17-,21-18-,29-26-,35-33-,42-40-,45-27-. The van der Waals surface area contributed by atoms with E-state index >= 15 is 0 Å². The van der Waals surface area contributed by atoms with Gasteiger partial charge in [-0.15, -0.1) is 0 Å². The van der Waals surface area contributed by atoms with Gasteiger partial charge < -0.3 is 14.2 Å². The van der Waals surface area contributed by atoms with Crippen molar-refractivity contribution in [3.63, 3.8) is 0 Å². The molecule has 0 N–H and O–H groups in total. The largest absolute Gasteiger partial charge is 0.462 e. The zero-order valence-corrected chi connectivity index (χ0v) is 52.8. The Kier molecular flexibility index (Phi) is 64.7. The third-order valence-corrected chi connectivity index (χ3v) is 14.8. The molecule has 0 radical (unpaired) electrons. The highest BCUT2D eigenvalue weighted by atomic mass is 16.6. The molecule has 0 spiro atoms. The second kappa shape index (κ2) is 67.8. The van der Waals surface area contributed by atoms with Gasteiger partial charge in [0, 0.05) is 19.3 Å². The first-order chi connectivity index (χ1) is 39.5. The number of hydrogen-bond donors (Lipinski definition) is 0. The molecule has 460 valence electrons. The molecule has 0 aliphatic rings. The van der Waals surface area contributed by atoms with Crippen LogP contribution in [0.5, 0.6) is 0 Å². The first-order valence-corrected chi connectivity index (χ1v) is 34.2. The zero-order valence-electron chi connectivity index (χ0n) is 52.8. The smallest absolute Gasteiger partial charge is 0.306 e. The van der Waals surface area contributed by atoms with Crippen molar-refractivity contribution >= 4 is 17.9 Å². The van der Waals surface area contributed by atoms with Gasteiger partial charge >= 0.3 is 17.9 Å². The fourth-order valence-electron chi connectivity index (χ4n) is 9.78. The predicted molar refractivity (Wildman–Crippen MR) is 348 cm³/mol. The fraction of sp³-hybridized carbons (Fsp3) is 0.743. The van der Waals surface area contributed by atoms with Crippen LogP contribution in [0.15, 0.2) is 97.2 Å². The van der Waals surface area contributed by atoms with Crippen molar-refractivity contribution in [3.05, 3.63) is 97.2 Å². The van der Waals surface area contributed by atoms with E-state index in [-0.39, 0.29) is 31.1 Å². The van der Waals surface area contributed by atoms with E-state index in [1.54, 1.807) is 0 Å². The third-order valence-electron chi connectivity index (χ3n) is 14.8. The molecule has 6 heteroatoms. The summed E-state index contributed by atoms with van der Waals surface area (Å²) < 4.78 is 17.0. The predicted octanol–water partition coefficient (Wildman–Crippen LogP) is 23.6. The lowest BCUT2D eigenvalue weighted by Crippen LogP contribution is -2.30. The summed E-state index contributed by atoms with van der Waals surface area (Å²) in [5, 5.41) is 0. The maximum Gasteiger partial charge on any atom is 0.306 e. The van der Waals surface area contributed by atoms with Crippen LogP contribution in [-0.2, 0) is 28.6 Å². The zero-order chi connectivity index (χ0) is 57.8. The van der Waals surface area contributed by atoms with Crippen molar-refractivity contribution in [2.45, 2.75) is 341 Å². The Morgan fingerprint density at radius 2 is 0.487 bits per heavy atom. The van der Waals surface area contributed by atoms with Gasteiger partial charge in [0.15, 0.2) is 6.10 Å². The van der Waals surface area contributed by atoms with E-state index in [1.165, 1.54) is 161 Å². The van der Waals surface area contributed by atoms with Crippen molar-refractivity contribution in [1.82, 2.24) is 0 Å². The van der Waals surface area contributed by atoms with Gasteiger partial charge in [0.1, 0.15) is 13.2 Å². The molecule has 0 rings (SSSR count). The number of unbranched alkanes of at least 4 members (excludes halogenated alkanes) is 35. The summed E-state index contributed by atoms with van der Waals surface area (Å²) in [6.07, 6.45) is 91.4. The van der Waals surface area contributed by atoms with Crippen LogP contribution in [0.4, 0.5) is 0 Å². The van der Waals surface area contributed by atoms with E-state index in [4.69, 9.17) is 14.2 Å². The highest BCUT2D eigenvalue weighted by molar-refractivity contribution is 5.71. The molecule has 0 aliphatic heterocycles. The minimum atomic E-state index is -0.793. The summed E-state index contributed by atoms with van der Waals surface area (Å²) in [6, 6.07) is 0. The SMILES string of the molecule is CC/C=C\C/C=C\C/C=C\C/C=C\C/C=C\CCCCCCCCCC(=O)OC(COC(=O)CCCCCCC/C=C\C/C=C\C/C=C\CC)COC(=O)CCCCCCCCCCCCCCCCCCCCCCCCCC. The summed E-state index contributed by atoms with van der Waals surface area (Å²) in [5.74, 6) is -0.899. The lowest BCUT2D eigenvalue weighted by molar-refractivity contribution is -0.167. The highest BCUT2D eigenvalue weighted by Crippen LogP contribution is 2.18. The molecule has 1 atom stereocenters. The van der Waals surface area contributed by atoms with Gasteiger partial charge in [-0.1, -0.05) is 317 Å². The minimum absolute atomic E-state index is 0.0854. The maximum absolute atomic E-state index is 12.9. The van der Waals surface area contributed by atoms with Gasteiger partial charge in [-0.2, -0.15) is 0 Å². The summed E-state index contributed by atoms with van der Waals surface area (Å²) in [6.45, 7) is 6.44. The van der Waals surface area contributed by atoms with Crippen LogP contribution >= 0.6 is 0 Å². The Labute approximate surface area is 496 Å². The van der Waals surface area contributed by atoms with E-state index in [2.05, 4.69) is 118 Å². The molecular formula is C74H128O6. The minimum Gasteiger partial charge on any atom is -0.462 e. The lowest BCUT2D eigenvalue weighted by atomic mass is 10.0. The Morgan fingerprint density at radius 1 is 0.263 bits per heavy atom. The van der Waals surface area contributed by atoms with Gasteiger partial charge in [0.2, 0.25) is 0 Å². The molecule has 0 saturated heterocycles. The van der Waals surface area contributed by atoms with E-state index in [0.717, 1.165) is 135 Å². The molecule has 0 amide bonds. The topological polar surface area (TPSA) is 78.9 Å². The van der Waals surface area contributed by atoms with Gasteiger partial charge in [-0.05, 0) is 96.3 Å². The van der Waals surface area contributed by atoms with Crippen molar-refractivity contribution in [1.29, 1.82) is 0 Å². The van der Waals surface area contributed by atoms with E-state index in [0.29, 0.717) is 19.3 Å². The quantitative estimate of drug-likeness (QED) is 0.0261. The molecule has 0 aliphatic carbocycles. The second-order valence-corrected chi connectivity index (χ2v) is 22.7. The maximum atomic E-state index is 12.9. The molecule has 0 heterocycles. The molecule has 0 aromatic carbocycles. The van der Waals surface area contributed by atoms with Crippen LogP contribution < -0.4 is 0 Å². The average molecular weight is 1110 g/mol. The molecular weight excluding hydrogens is 985 g/mol. The number of hydrogen-bond acceptors (Lipinski definition) is 6. The number of rotatable bonds is 62. The molecule has 0 aromatic heterocycles. The van der Waals surface area contributed by atoms with Gasteiger partial charge in [-0.3, -0.25) is 14.4 Å². The Balaban J connectivity index is 4.35. The average Bonchev–Trinajstić information content (AvgIpc) is 3.46. The molecule has 6 nitrogen and oxygen atoms in total. The van der Waals surface area contributed by atoms with Crippen LogP contribution in [0, 0.1) is 0 Å². The van der Waals surface area contributed by atoms with Gasteiger partial charge in [-0.25, -0.2) is 0 Å². The first kappa shape index (κ1) is 76.3. The number of ether oxygens (including phenoxy) is 3. The fourth-order valence-corrected chi connectivity index (χ4v) is 9.78. The van der Waals surface area contributed by atoms with Gasteiger partial charge in [0.25, 0.3) is 0 Å². The molecule has 80 heavy (non-hydrogen) atoms. The van der Waals surface area contributed by atoms with Crippen molar-refractivity contribution in [3.8, 4) is 0 Å². The first-order valence-electron chi connectivity index (χ1n) is 34.2. The highest BCUT2D eigenvalue weighted by Gasteiger charge is 2.19. The number of carbonyl (C=O) groups excluding carboxylic acids is 3. The summed E-state index contributed by atoms with van der Waals surface area (Å²) in [4.78, 5) is 38.4. The van der Waals surface area contributed by atoms with Crippen LogP contribution in [0.2, 0.25) is 0 Å². The van der Waals surface area contributed by atoms with E-state index < -0.39 is 6.10 Å².